The molecule has 1 aromatic heterocycles. The molecule has 88 valence electrons. The summed E-state index contributed by atoms with van der Waals surface area (Å²) >= 11 is 0. The molecule has 0 saturated carbocycles. The highest BCUT2D eigenvalue weighted by atomic mass is 16.4. The van der Waals surface area contributed by atoms with Gasteiger partial charge in [-0.25, -0.2) is 15.8 Å². The van der Waals surface area contributed by atoms with E-state index in [0.29, 0.717) is 5.69 Å². The molecule has 0 radical (unpaired) electrons. The Hall–Kier alpha value is -1.93. The molecule has 0 bridgehead atoms. The van der Waals surface area contributed by atoms with E-state index in [2.05, 4.69) is 20.8 Å². The van der Waals surface area contributed by atoms with Crippen LogP contribution >= 0.6 is 0 Å². The van der Waals surface area contributed by atoms with Crippen LogP contribution in [0.25, 0.3) is 0 Å². The number of carboxylic acids is 2. The van der Waals surface area contributed by atoms with E-state index >= 15 is 0 Å². The first kappa shape index (κ1) is 12.1. The summed E-state index contributed by atoms with van der Waals surface area (Å²) in [7, 11) is 0. The van der Waals surface area contributed by atoms with Crippen molar-refractivity contribution in [1.29, 1.82) is 0 Å². The van der Waals surface area contributed by atoms with Crippen molar-refractivity contribution < 1.29 is 19.8 Å². The normalized spacial score (nSPS) is 12.2. The Morgan fingerprint density at radius 3 is 2.75 bits per heavy atom. The lowest BCUT2D eigenvalue weighted by atomic mass is 10.2. The van der Waals surface area contributed by atoms with Gasteiger partial charge in [0.05, 0.1) is 6.33 Å². The topological polar surface area (TPSA) is 127 Å². The van der Waals surface area contributed by atoms with Gasteiger partial charge in [-0.1, -0.05) is 0 Å². The van der Waals surface area contributed by atoms with Gasteiger partial charge in [-0.3, -0.25) is 9.59 Å². The number of rotatable bonds is 7. The van der Waals surface area contributed by atoms with Crippen molar-refractivity contribution in [3.63, 3.8) is 0 Å². The quantitative estimate of drug-likeness (QED) is 0.362. The first-order valence-electron chi connectivity index (χ1n) is 4.50. The summed E-state index contributed by atoms with van der Waals surface area (Å²) in [5.41, 5.74) is 5.37. The third-order valence-corrected chi connectivity index (χ3v) is 1.79. The highest BCUT2D eigenvalue weighted by Crippen LogP contribution is 1.97. The van der Waals surface area contributed by atoms with Crippen LogP contribution in [-0.2, 0) is 16.0 Å². The smallest absolute Gasteiger partial charge is 0.322 e. The Bertz CT molecular complexity index is 351. The van der Waals surface area contributed by atoms with Gasteiger partial charge in [-0.15, -0.1) is 0 Å². The van der Waals surface area contributed by atoms with Gasteiger partial charge < -0.3 is 15.2 Å². The molecular weight excluding hydrogens is 216 g/mol. The lowest BCUT2D eigenvalue weighted by molar-refractivity contribution is -0.141. The molecule has 1 atom stereocenters. The number of imidazole rings is 1. The number of nitrogens with one attached hydrogen (secondary N) is 3. The zero-order valence-corrected chi connectivity index (χ0v) is 8.30. The van der Waals surface area contributed by atoms with Crippen molar-refractivity contribution in [2.45, 2.75) is 12.5 Å². The summed E-state index contributed by atoms with van der Waals surface area (Å²) in [6.45, 7) is -0.354. The Kier molecular flexibility index (Phi) is 4.42. The number of hydrogen-bond acceptors (Lipinski definition) is 5. The minimum atomic E-state index is -1.08. The van der Waals surface area contributed by atoms with Crippen LogP contribution in [0.1, 0.15) is 5.69 Å². The SMILES string of the molecule is O=C(O)CNN[C@@H](Cc1cnc[nH]1)C(=O)O. The van der Waals surface area contributed by atoms with E-state index in [4.69, 9.17) is 10.2 Å². The molecule has 8 nitrogen and oxygen atoms in total. The maximum atomic E-state index is 10.8. The number of hydrogen-bond donors (Lipinski definition) is 5. The molecular formula is C8H12N4O4. The summed E-state index contributed by atoms with van der Waals surface area (Å²) in [6.07, 6.45) is 3.13. The predicted molar refractivity (Wildman–Crippen MR) is 52.5 cm³/mol. The maximum absolute atomic E-state index is 10.8. The standard InChI is InChI=1S/C8H12N4O4/c13-7(14)3-11-12-6(8(15)16)1-5-2-9-4-10-5/h2,4,6,11-12H,1,3H2,(H,9,10)(H,13,14)(H,15,16)/t6-/m0/s1. The van der Waals surface area contributed by atoms with Gasteiger partial charge in [0.1, 0.15) is 12.6 Å². The number of aromatic amines is 1. The molecule has 0 aromatic carbocycles. The van der Waals surface area contributed by atoms with Crippen LogP contribution in [0.5, 0.6) is 0 Å². The molecule has 1 aromatic rings. The van der Waals surface area contributed by atoms with Gasteiger partial charge in [0, 0.05) is 18.3 Å². The molecule has 0 spiro atoms. The molecule has 0 saturated heterocycles. The second-order valence-electron chi connectivity index (χ2n) is 3.06. The van der Waals surface area contributed by atoms with Crippen LogP contribution in [0.2, 0.25) is 0 Å². The molecule has 16 heavy (non-hydrogen) atoms. The van der Waals surface area contributed by atoms with Crippen molar-refractivity contribution >= 4 is 11.9 Å². The number of nitrogens with zero attached hydrogens (tertiary/aromatic N) is 1. The molecule has 0 aliphatic carbocycles. The summed E-state index contributed by atoms with van der Waals surface area (Å²) in [5, 5.41) is 17.2. The summed E-state index contributed by atoms with van der Waals surface area (Å²) < 4.78 is 0. The van der Waals surface area contributed by atoms with E-state index in [1.54, 1.807) is 0 Å². The van der Waals surface area contributed by atoms with Crippen LogP contribution in [0.3, 0.4) is 0 Å². The lowest BCUT2D eigenvalue weighted by Gasteiger charge is -2.13. The largest absolute Gasteiger partial charge is 0.480 e. The highest BCUT2D eigenvalue weighted by Gasteiger charge is 2.18. The zero-order valence-electron chi connectivity index (χ0n) is 8.30. The van der Waals surface area contributed by atoms with Gasteiger partial charge in [-0.2, -0.15) is 0 Å². The van der Waals surface area contributed by atoms with Crippen molar-refractivity contribution in [2.75, 3.05) is 6.54 Å². The van der Waals surface area contributed by atoms with Crippen LogP contribution in [0.15, 0.2) is 12.5 Å². The molecule has 1 rings (SSSR count). The maximum Gasteiger partial charge on any atom is 0.322 e. The molecule has 0 fully saturated rings. The Morgan fingerprint density at radius 1 is 1.50 bits per heavy atom. The first-order valence-corrected chi connectivity index (χ1v) is 4.50. The van der Waals surface area contributed by atoms with Gasteiger partial charge in [0.15, 0.2) is 0 Å². The number of aliphatic carboxylic acids is 2. The van der Waals surface area contributed by atoms with Gasteiger partial charge >= 0.3 is 11.9 Å². The van der Waals surface area contributed by atoms with Crippen molar-refractivity contribution in [1.82, 2.24) is 20.8 Å². The van der Waals surface area contributed by atoms with E-state index in [1.807, 2.05) is 0 Å². The highest BCUT2D eigenvalue weighted by molar-refractivity contribution is 5.74. The third kappa shape index (κ3) is 4.07. The van der Waals surface area contributed by atoms with Crippen LogP contribution in [0, 0.1) is 0 Å². The molecule has 8 heteroatoms. The average Bonchev–Trinajstić information content (AvgIpc) is 2.68. The van der Waals surface area contributed by atoms with Crippen molar-refractivity contribution in [3.8, 4) is 0 Å². The monoisotopic (exact) mass is 228 g/mol. The van der Waals surface area contributed by atoms with Gasteiger partial charge in [0.25, 0.3) is 0 Å². The second-order valence-corrected chi connectivity index (χ2v) is 3.06. The summed E-state index contributed by atoms with van der Waals surface area (Å²) in [5.74, 6) is -2.15. The van der Waals surface area contributed by atoms with Gasteiger partial charge in [-0.05, 0) is 0 Å². The van der Waals surface area contributed by atoms with E-state index in [0.717, 1.165) is 0 Å². The molecule has 1 heterocycles. The fourth-order valence-corrected chi connectivity index (χ4v) is 1.07. The van der Waals surface area contributed by atoms with Crippen LogP contribution < -0.4 is 10.9 Å². The Morgan fingerprint density at radius 2 is 2.25 bits per heavy atom. The summed E-state index contributed by atoms with van der Waals surface area (Å²) in [4.78, 5) is 27.5. The molecule has 5 N–H and O–H groups in total. The van der Waals surface area contributed by atoms with Crippen molar-refractivity contribution in [2.24, 2.45) is 0 Å². The second kappa shape index (κ2) is 5.83. The fourth-order valence-electron chi connectivity index (χ4n) is 1.07. The van der Waals surface area contributed by atoms with Crippen LogP contribution in [0.4, 0.5) is 0 Å². The van der Waals surface area contributed by atoms with Gasteiger partial charge in [0.2, 0.25) is 0 Å². The third-order valence-electron chi connectivity index (χ3n) is 1.79. The van der Waals surface area contributed by atoms with Crippen molar-refractivity contribution in [3.05, 3.63) is 18.2 Å². The summed E-state index contributed by atoms with van der Waals surface area (Å²) in [6, 6.07) is -0.917. The molecule has 0 amide bonds. The first-order chi connectivity index (χ1) is 7.59. The fraction of sp³-hybridized carbons (Fsp3) is 0.375. The predicted octanol–water partition coefficient (Wildman–Crippen LogP) is -1.42. The number of H-pyrrole nitrogens is 1. The van der Waals surface area contributed by atoms with E-state index in [-0.39, 0.29) is 13.0 Å². The number of hydrazine groups is 1. The number of carboxylic acid groups (broad SMARTS) is 2. The Balaban J connectivity index is 2.42. The van der Waals surface area contributed by atoms with Crippen LogP contribution in [-0.4, -0.2) is 44.7 Å². The van der Waals surface area contributed by atoms with E-state index in [9.17, 15) is 9.59 Å². The Labute approximate surface area is 90.7 Å². The molecule has 0 unspecified atom stereocenters. The number of aromatic nitrogens is 2. The molecule has 0 aliphatic heterocycles. The van der Waals surface area contributed by atoms with E-state index < -0.39 is 18.0 Å². The minimum absolute atomic E-state index is 0.182. The van der Waals surface area contributed by atoms with E-state index in [1.165, 1.54) is 12.5 Å². The molecule has 0 aliphatic rings. The average molecular weight is 228 g/mol. The number of carbonyl (C=O) groups is 2. The minimum Gasteiger partial charge on any atom is -0.480 e. The lowest BCUT2D eigenvalue weighted by Crippen LogP contribution is -2.48. The zero-order chi connectivity index (χ0) is 12.0.